The molecule has 2 heterocycles. The number of fused-ring (bicyclic) bond motifs is 1. The first-order valence-corrected chi connectivity index (χ1v) is 7.17. The molecule has 1 aliphatic heterocycles. The lowest BCUT2D eigenvalue weighted by Crippen LogP contribution is -2.38. The number of halogens is 1. The molecule has 1 aromatic heterocycles. The predicted octanol–water partition coefficient (Wildman–Crippen LogP) is 2.55. The molecule has 5 heteroatoms. The molecule has 0 radical (unpaired) electrons. The van der Waals surface area contributed by atoms with Gasteiger partial charge in [-0.15, -0.1) is 0 Å². The van der Waals surface area contributed by atoms with Crippen LogP contribution < -0.4 is 5.32 Å². The Kier molecular flexibility index (Phi) is 3.64. The average molecular weight is 265 g/mol. The normalized spacial score (nSPS) is 30.1. The Bertz CT molecular complexity index is 454. The zero-order valence-electron chi connectivity index (χ0n) is 11.2. The summed E-state index contributed by atoms with van der Waals surface area (Å²) >= 11 is 0. The fourth-order valence-corrected chi connectivity index (χ4v) is 3.28. The molecule has 1 aliphatic carbocycles. The average Bonchev–Trinajstić information content (AvgIpc) is 2.90. The highest BCUT2D eigenvalue weighted by molar-refractivity contribution is 5.38. The fraction of sp³-hybridized carbons (Fsp3) is 0.714. The van der Waals surface area contributed by atoms with Crippen molar-refractivity contribution in [3.8, 4) is 0 Å². The summed E-state index contributed by atoms with van der Waals surface area (Å²) in [6, 6.07) is 0.273. The number of hydrogen-bond acceptors (Lipinski definition) is 4. The maximum Gasteiger partial charge on any atom is 0.186 e. The topological polar surface area (TPSA) is 47.0 Å². The second-order valence-electron chi connectivity index (χ2n) is 5.38. The molecular weight excluding hydrogens is 245 g/mol. The molecule has 0 aromatic carbocycles. The number of nitrogens with zero attached hydrogens (tertiary/aromatic N) is 2. The van der Waals surface area contributed by atoms with Crippen LogP contribution >= 0.6 is 0 Å². The molecule has 1 saturated heterocycles. The van der Waals surface area contributed by atoms with Crippen molar-refractivity contribution in [2.24, 2.45) is 5.92 Å². The first-order valence-electron chi connectivity index (χ1n) is 7.17. The van der Waals surface area contributed by atoms with Crippen molar-refractivity contribution >= 4 is 5.82 Å². The molecule has 3 rings (SSSR count). The highest BCUT2D eigenvalue weighted by Crippen LogP contribution is 2.36. The third-order valence-corrected chi connectivity index (χ3v) is 4.30. The van der Waals surface area contributed by atoms with Gasteiger partial charge in [0.05, 0.1) is 11.8 Å². The zero-order chi connectivity index (χ0) is 13.2. The monoisotopic (exact) mass is 265 g/mol. The van der Waals surface area contributed by atoms with Crippen LogP contribution in [-0.2, 0) is 11.2 Å². The number of hydrogen-bond donors (Lipinski definition) is 1. The minimum Gasteiger partial charge on any atom is -0.378 e. The molecule has 2 aliphatic rings. The summed E-state index contributed by atoms with van der Waals surface area (Å²) in [7, 11) is 0. The maximum atomic E-state index is 14.2. The molecule has 0 amide bonds. The summed E-state index contributed by atoms with van der Waals surface area (Å²) in [5.41, 5.74) is 0.479. The van der Waals surface area contributed by atoms with E-state index in [1.165, 1.54) is 6.33 Å². The van der Waals surface area contributed by atoms with Gasteiger partial charge in [0.1, 0.15) is 6.33 Å². The smallest absolute Gasteiger partial charge is 0.186 e. The minimum atomic E-state index is -0.300. The molecule has 0 bridgehead atoms. The van der Waals surface area contributed by atoms with E-state index in [-0.39, 0.29) is 11.9 Å². The number of rotatable bonds is 3. The minimum absolute atomic E-state index is 0.273. The molecule has 104 valence electrons. The van der Waals surface area contributed by atoms with Crippen LogP contribution in [0.1, 0.15) is 38.3 Å². The molecule has 0 unspecified atom stereocenters. The van der Waals surface area contributed by atoms with Crippen LogP contribution in [0.15, 0.2) is 6.33 Å². The van der Waals surface area contributed by atoms with Gasteiger partial charge in [-0.3, -0.25) is 0 Å². The Morgan fingerprint density at radius 2 is 2.26 bits per heavy atom. The molecule has 19 heavy (non-hydrogen) atoms. The molecule has 2 fully saturated rings. The van der Waals surface area contributed by atoms with Gasteiger partial charge in [-0.2, -0.15) is 0 Å². The summed E-state index contributed by atoms with van der Waals surface area (Å²) in [5.74, 6) is 0.545. The molecule has 0 spiro atoms. The quantitative estimate of drug-likeness (QED) is 0.912. The zero-order valence-corrected chi connectivity index (χ0v) is 11.2. The van der Waals surface area contributed by atoms with Crippen molar-refractivity contribution in [1.29, 1.82) is 0 Å². The summed E-state index contributed by atoms with van der Waals surface area (Å²) in [6.45, 7) is 2.73. The Balaban J connectivity index is 1.77. The largest absolute Gasteiger partial charge is 0.378 e. The van der Waals surface area contributed by atoms with Gasteiger partial charge in [0, 0.05) is 18.6 Å². The molecule has 1 aromatic rings. The summed E-state index contributed by atoms with van der Waals surface area (Å²) in [4.78, 5) is 8.02. The van der Waals surface area contributed by atoms with Gasteiger partial charge >= 0.3 is 0 Å². The first-order chi connectivity index (χ1) is 9.29. The van der Waals surface area contributed by atoms with Gasteiger partial charge in [-0.05, 0) is 32.1 Å². The Morgan fingerprint density at radius 3 is 3.11 bits per heavy atom. The van der Waals surface area contributed by atoms with E-state index in [1.807, 2.05) is 6.92 Å². The van der Waals surface area contributed by atoms with Crippen molar-refractivity contribution < 1.29 is 9.13 Å². The lowest BCUT2D eigenvalue weighted by molar-refractivity contribution is 0.0619. The van der Waals surface area contributed by atoms with Gasteiger partial charge in [-0.1, -0.05) is 6.92 Å². The lowest BCUT2D eigenvalue weighted by atomic mass is 9.82. The van der Waals surface area contributed by atoms with E-state index in [0.29, 0.717) is 30.0 Å². The van der Waals surface area contributed by atoms with Crippen molar-refractivity contribution in [2.75, 3.05) is 11.9 Å². The standard InChI is InChI=1S/C14H20FN3O/c1-2-10-13(15)14(17-8-16-10)18-11-4-3-5-12-9(11)6-7-19-12/h8-9,11-12H,2-7H2,1H3,(H,16,17,18)/t9-,11+,12+/m0/s1. The number of ether oxygens (including phenoxy) is 1. The summed E-state index contributed by atoms with van der Waals surface area (Å²) in [5, 5.41) is 3.29. The second kappa shape index (κ2) is 5.41. The number of nitrogens with one attached hydrogen (secondary N) is 1. The van der Waals surface area contributed by atoms with Gasteiger partial charge in [-0.25, -0.2) is 14.4 Å². The van der Waals surface area contributed by atoms with E-state index >= 15 is 0 Å². The lowest BCUT2D eigenvalue weighted by Gasteiger charge is -2.33. The predicted molar refractivity (Wildman–Crippen MR) is 70.5 cm³/mol. The van der Waals surface area contributed by atoms with E-state index in [0.717, 1.165) is 32.3 Å². The van der Waals surface area contributed by atoms with E-state index in [2.05, 4.69) is 15.3 Å². The SMILES string of the molecule is CCc1ncnc(N[C@@H]2CCC[C@H]3OCC[C@@H]23)c1F. The first kappa shape index (κ1) is 12.8. The van der Waals surface area contributed by atoms with Crippen LogP contribution in [0.2, 0.25) is 0 Å². The van der Waals surface area contributed by atoms with Gasteiger partial charge in [0.25, 0.3) is 0 Å². The van der Waals surface area contributed by atoms with Crippen molar-refractivity contribution in [3.05, 3.63) is 17.8 Å². The van der Waals surface area contributed by atoms with Crippen molar-refractivity contribution in [2.45, 2.75) is 51.2 Å². The van der Waals surface area contributed by atoms with Gasteiger partial charge in [0.15, 0.2) is 11.6 Å². The Hall–Kier alpha value is -1.23. The van der Waals surface area contributed by atoms with E-state index in [1.54, 1.807) is 0 Å². The summed E-state index contributed by atoms with van der Waals surface area (Å²) < 4.78 is 19.9. The molecule has 3 atom stereocenters. The van der Waals surface area contributed by atoms with Crippen LogP contribution in [0.5, 0.6) is 0 Å². The van der Waals surface area contributed by atoms with Gasteiger partial charge in [0.2, 0.25) is 0 Å². The Labute approximate surface area is 112 Å². The third-order valence-electron chi connectivity index (χ3n) is 4.30. The van der Waals surface area contributed by atoms with E-state index < -0.39 is 0 Å². The van der Waals surface area contributed by atoms with Crippen LogP contribution in [0.25, 0.3) is 0 Å². The van der Waals surface area contributed by atoms with Crippen LogP contribution in [0.3, 0.4) is 0 Å². The van der Waals surface area contributed by atoms with Crippen LogP contribution in [-0.4, -0.2) is 28.7 Å². The van der Waals surface area contributed by atoms with Crippen molar-refractivity contribution in [3.63, 3.8) is 0 Å². The highest BCUT2D eigenvalue weighted by atomic mass is 19.1. The van der Waals surface area contributed by atoms with Crippen molar-refractivity contribution in [1.82, 2.24) is 9.97 Å². The second-order valence-corrected chi connectivity index (χ2v) is 5.38. The van der Waals surface area contributed by atoms with Gasteiger partial charge < -0.3 is 10.1 Å². The highest BCUT2D eigenvalue weighted by Gasteiger charge is 2.38. The molecule has 1 saturated carbocycles. The number of aryl methyl sites for hydroxylation is 1. The maximum absolute atomic E-state index is 14.2. The summed E-state index contributed by atoms with van der Waals surface area (Å²) in [6.07, 6.45) is 6.77. The third kappa shape index (κ3) is 2.43. The van der Waals surface area contributed by atoms with Crippen LogP contribution in [0.4, 0.5) is 10.2 Å². The van der Waals surface area contributed by atoms with E-state index in [4.69, 9.17) is 4.74 Å². The van der Waals surface area contributed by atoms with Crippen LogP contribution in [0, 0.1) is 11.7 Å². The molecular formula is C14H20FN3O. The number of anilines is 1. The fourth-order valence-electron chi connectivity index (χ4n) is 3.28. The number of aromatic nitrogens is 2. The molecule has 4 nitrogen and oxygen atoms in total. The molecule has 1 N–H and O–H groups in total. The Morgan fingerprint density at radius 1 is 1.37 bits per heavy atom. The van der Waals surface area contributed by atoms with E-state index in [9.17, 15) is 4.39 Å².